The Morgan fingerprint density at radius 2 is 1.76 bits per heavy atom. The van der Waals surface area contributed by atoms with Gasteiger partial charge in [0.05, 0.1) is 19.2 Å². The van der Waals surface area contributed by atoms with Crippen molar-refractivity contribution in [2.45, 2.75) is 18.8 Å². The molecule has 1 N–H and O–H groups in total. The molecule has 1 fully saturated rings. The molecule has 0 aromatic heterocycles. The quantitative estimate of drug-likeness (QED) is 0.901. The molecule has 0 bridgehead atoms. The summed E-state index contributed by atoms with van der Waals surface area (Å²) < 4.78 is 10.6. The lowest BCUT2D eigenvalue weighted by molar-refractivity contribution is 0.380. The molecule has 1 aliphatic heterocycles. The summed E-state index contributed by atoms with van der Waals surface area (Å²) in [5.74, 6) is 2.06. The van der Waals surface area contributed by atoms with Crippen LogP contribution in [0.2, 0.25) is 5.02 Å². The topological polar surface area (TPSA) is 30.5 Å². The molecule has 3 nitrogen and oxygen atoms in total. The fraction of sp³-hybridized carbons (Fsp3) is 0.538. The molecule has 0 amide bonds. The number of halogens is 1. The second-order valence-electron chi connectivity index (χ2n) is 4.25. The highest BCUT2D eigenvalue weighted by Gasteiger charge is 2.20. The molecule has 1 heterocycles. The lowest BCUT2D eigenvalue weighted by atomic mass is 9.89. The van der Waals surface area contributed by atoms with Gasteiger partial charge in [0.2, 0.25) is 0 Å². The number of methoxy groups -OCH3 is 2. The third-order valence-electron chi connectivity index (χ3n) is 3.28. The highest BCUT2D eigenvalue weighted by atomic mass is 35.5. The summed E-state index contributed by atoms with van der Waals surface area (Å²) >= 11 is 6.18. The number of rotatable bonds is 3. The van der Waals surface area contributed by atoms with Crippen molar-refractivity contribution in [3.8, 4) is 11.5 Å². The van der Waals surface area contributed by atoms with Crippen LogP contribution in [0.4, 0.5) is 0 Å². The van der Waals surface area contributed by atoms with Gasteiger partial charge >= 0.3 is 0 Å². The monoisotopic (exact) mass is 255 g/mol. The molecule has 1 aromatic carbocycles. The average Bonchev–Trinajstić information content (AvgIpc) is 2.39. The molecule has 0 radical (unpaired) electrons. The van der Waals surface area contributed by atoms with E-state index in [1.807, 2.05) is 12.1 Å². The van der Waals surface area contributed by atoms with E-state index < -0.39 is 0 Å². The van der Waals surface area contributed by atoms with E-state index in [1.54, 1.807) is 14.2 Å². The van der Waals surface area contributed by atoms with Crippen molar-refractivity contribution in [1.82, 2.24) is 5.32 Å². The predicted octanol–water partition coefficient (Wildman–Crippen LogP) is 2.82. The molecule has 0 saturated carbocycles. The Balaban J connectivity index is 2.34. The van der Waals surface area contributed by atoms with E-state index in [9.17, 15) is 0 Å². The van der Waals surface area contributed by atoms with Crippen LogP contribution in [0.3, 0.4) is 0 Å². The highest BCUT2D eigenvalue weighted by molar-refractivity contribution is 6.32. The third kappa shape index (κ3) is 2.67. The smallest absolute Gasteiger partial charge is 0.141 e. The predicted molar refractivity (Wildman–Crippen MR) is 69.4 cm³/mol. The van der Waals surface area contributed by atoms with E-state index >= 15 is 0 Å². The van der Waals surface area contributed by atoms with Gasteiger partial charge in [0.15, 0.2) is 0 Å². The zero-order chi connectivity index (χ0) is 12.3. The number of nitrogens with one attached hydrogen (secondary N) is 1. The minimum absolute atomic E-state index is 0.523. The van der Waals surface area contributed by atoms with Gasteiger partial charge in [-0.2, -0.15) is 0 Å². The van der Waals surface area contributed by atoms with Crippen molar-refractivity contribution in [1.29, 1.82) is 0 Å². The second-order valence-corrected chi connectivity index (χ2v) is 4.66. The van der Waals surface area contributed by atoms with E-state index in [0.717, 1.165) is 31.7 Å². The SMILES string of the molecule is COc1cc(OC)c(C2CCNCC2)cc1Cl. The second kappa shape index (κ2) is 5.61. The maximum atomic E-state index is 6.18. The molecule has 94 valence electrons. The summed E-state index contributed by atoms with van der Waals surface area (Å²) in [5.41, 5.74) is 1.19. The number of benzene rings is 1. The molecule has 1 saturated heterocycles. The Morgan fingerprint density at radius 3 is 2.35 bits per heavy atom. The summed E-state index contributed by atoms with van der Waals surface area (Å²) in [6.45, 7) is 2.11. The van der Waals surface area contributed by atoms with Crippen LogP contribution < -0.4 is 14.8 Å². The molecular formula is C13H18ClNO2. The van der Waals surface area contributed by atoms with Crippen LogP contribution in [0.15, 0.2) is 12.1 Å². The van der Waals surface area contributed by atoms with Crippen molar-refractivity contribution < 1.29 is 9.47 Å². The van der Waals surface area contributed by atoms with Gasteiger partial charge in [-0.3, -0.25) is 0 Å². The first-order valence-electron chi connectivity index (χ1n) is 5.88. The zero-order valence-corrected chi connectivity index (χ0v) is 11.0. The first kappa shape index (κ1) is 12.5. The number of ether oxygens (including phenoxy) is 2. The van der Waals surface area contributed by atoms with Gasteiger partial charge in [0, 0.05) is 6.07 Å². The van der Waals surface area contributed by atoms with Crippen molar-refractivity contribution in [2.75, 3.05) is 27.3 Å². The Hall–Kier alpha value is -0.930. The lowest BCUT2D eigenvalue weighted by Crippen LogP contribution is -2.26. The van der Waals surface area contributed by atoms with E-state index in [4.69, 9.17) is 21.1 Å². The molecule has 2 rings (SSSR count). The van der Waals surface area contributed by atoms with Crippen LogP contribution in [0.1, 0.15) is 24.3 Å². The first-order chi connectivity index (χ1) is 8.26. The summed E-state index contributed by atoms with van der Waals surface area (Å²) in [4.78, 5) is 0. The van der Waals surface area contributed by atoms with Gasteiger partial charge in [0.1, 0.15) is 11.5 Å². The largest absolute Gasteiger partial charge is 0.496 e. The molecular weight excluding hydrogens is 238 g/mol. The summed E-state index contributed by atoms with van der Waals surface area (Å²) in [5, 5.41) is 4.02. The van der Waals surface area contributed by atoms with E-state index in [0.29, 0.717) is 16.7 Å². The van der Waals surface area contributed by atoms with Gasteiger partial charge in [0.25, 0.3) is 0 Å². The fourth-order valence-corrected chi connectivity index (χ4v) is 2.58. The Labute approximate surface area is 107 Å². The molecule has 0 aliphatic carbocycles. The summed E-state index contributed by atoms with van der Waals surface area (Å²) in [6, 6.07) is 3.86. The molecule has 0 spiro atoms. The van der Waals surface area contributed by atoms with E-state index in [-0.39, 0.29) is 0 Å². The molecule has 0 unspecified atom stereocenters. The van der Waals surface area contributed by atoms with Crippen LogP contribution in [0.5, 0.6) is 11.5 Å². The van der Waals surface area contributed by atoms with Crippen molar-refractivity contribution in [2.24, 2.45) is 0 Å². The maximum absolute atomic E-state index is 6.18. The van der Waals surface area contributed by atoms with Gasteiger partial charge in [-0.15, -0.1) is 0 Å². The lowest BCUT2D eigenvalue weighted by Gasteiger charge is -2.25. The minimum Gasteiger partial charge on any atom is -0.496 e. The minimum atomic E-state index is 0.523. The number of hydrogen-bond acceptors (Lipinski definition) is 3. The van der Waals surface area contributed by atoms with Gasteiger partial charge in [-0.05, 0) is 43.5 Å². The molecule has 1 aromatic rings. The zero-order valence-electron chi connectivity index (χ0n) is 10.3. The third-order valence-corrected chi connectivity index (χ3v) is 3.58. The molecule has 17 heavy (non-hydrogen) atoms. The summed E-state index contributed by atoms with van der Waals surface area (Å²) in [7, 11) is 3.30. The van der Waals surface area contributed by atoms with E-state index in [1.165, 1.54) is 5.56 Å². The normalized spacial score (nSPS) is 16.9. The van der Waals surface area contributed by atoms with Crippen molar-refractivity contribution in [3.05, 3.63) is 22.7 Å². The Morgan fingerprint density at radius 1 is 1.12 bits per heavy atom. The van der Waals surface area contributed by atoms with E-state index in [2.05, 4.69) is 5.32 Å². The standard InChI is InChI=1S/C13H18ClNO2/c1-16-12-8-13(17-2)11(14)7-10(12)9-3-5-15-6-4-9/h7-9,15H,3-6H2,1-2H3. The number of hydrogen-bond donors (Lipinski definition) is 1. The van der Waals surface area contributed by atoms with Gasteiger partial charge < -0.3 is 14.8 Å². The van der Waals surface area contributed by atoms with Crippen molar-refractivity contribution in [3.63, 3.8) is 0 Å². The first-order valence-corrected chi connectivity index (χ1v) is 6.26. The van der Waals surface area contributed by atoms with Gasteiger partial charge in [-0.1, -0.05) is 11.6 Å². The molecule has 0 atom stereocenters. The Kier molecular flexibility index (Phi) is 4.13. The van der Waals surface area contributed by atoms with Crippen LogP contribution >= 0.6 is 11.6 Å². The molecule has 4 heteroatoms. The van der Waals surface area contributed by atoms with Crippen molar-refractivity contribution >= 4 is 11.6 Å². The molecule has 1 aliphatic rings. The highest BCUT2D eigenvalue weighted by Crippen LogP contribution is 2.39. The van der Waals surface area contributed by atoms with Crippen LogP contribution in [-0.4, -0.2) is 27.3 Å². The number of piperidine rings is 1. The van der Waals surface area contributed by atoms with Gasteiger partial charge in [-0.25, -0.2) is 0 Å². The summed E-state index contributed by atoms with van der Waals surface area (Å²) in [6.07, 6.45) is 2.25. The average molecular weight is 256 g/mol. The fourth-order valence-electron chi connectivity index (χ4n) is 2.34. The van der Waals surface area contributed by atoms with Crippen LogP contribution in [0, 0.1) is 0 Å². The maximum Gasteiger partial charge on any atom is 0.141 e. The Bertz CT molecular complexity index is 389. The van der Waals surface area contributed by atoms with Crippen LogP contribution in [-0.2, 0) is 0 Å². The van der Waals surface area contributed by atoms with Crippen LogP contribution in [0.25, 0.3) is 0 Å².